The normalized spacial score (nSPS) is 19.2. The Bertz CT molecular complexity index is 735. The lowest BCUT2D eigenvalue weighted by Gasteiger charge is -2.17. The van der Waals surface area contributed by atoms with Crippen molar-refractivity contribution in [2.45, 2.75) is 17.4 Å². The molecule has 7 heteroatoms. The van der Waals surface area contributed by atoms with E-state index in [0.717, 1.165) is 4.47 Å². The first kappa shape index (κ1) is 15.5. The number of pyridine rings is 1. The Hall–Kier alpha value is -1.44. The maximum atomic E-state index is 12.5. The van der Waals surface area contributed by atoms with Crippen molar-refractivity contribution in [1.29, 1.82) is 0 Å². The first-order valence-corrected chi connectivity index (χ1v) is 9.12. The number of hydrogen-bond acceptors (Lipinski definition) is 4. The van der Waals surface area contributed by atoms with E-state index >= 15 is 0 Å². The van der Waals surface area contributed by atoms with E-state index in [9.17, 15) is 8.42 Å². The third kappa shape index (κ3) is 3.31. The Morgan fingerprint density at radius 2 is 1.95 bits per heavy atom. The van der Waals surface area contributed by atoms with Crippen LogP contribution >= 0.6 is 15.9 Å². The summed E-state index contributed by atoms with van der Waals surface area (Å²) in [5.41, 5.74) is 0. The molecular formula is C15H15BrN2O3S. The molecule has 1 fully saturated rings. The van der Waals surface area contributed by atoms with E-state index in [4.69, 9.17) is 4.74 Å². The summed E-state index contributed by atoms with van der Waals surface area (Å²) in [6.07, 6.45) is 2.14. The fraction of sp³-hybridized carbons (Fsp3) is 0.267. The zero-order valence-corrected chi connectivity index (χ0v) is 14.1. The number of ether oxygens (including phenoxy) is 1. The monoisotopic (exact) mass is 382 g/mol. The Labute approximate surface area is 138 Å². The molecule has 0 aliphatic carbocycles. The van der Waals surface area contributed by atoms with E-state index in [1.807, 2.05) is 6.07 Å². The molecule has 0 N–H and O–H groups in total. The number of hydrogen-bond donors (Lipinski definition) is 0. The molecule has 22 heavy (non-hydrogen) atoms. The van der Waals surface area contributed by atoms with Gasteiger partial charge < -0.3 is 4.74 Å². The lowest BCUT2D eigenvalue weighted by Crippen LogP contribution is -2.31. The molecule has 0 radical (unpaired) electrons. The van der Waals surface area contributed by atoms with Gasteiger partial charge in [0.05, 0.1) is 11.4 Å². The van der Waals surface area contributed by atoms with Crippen LogP contribution in [0.25, 0.3) is 0 Å². The molecule has 1 aromatic heterocycles. The molecule has 1 saturated heterocycles. The summed E-state index contributed by atoms with van der Waals surface area (Å²) in [5.74, 6) is 0.507. The second-order valence-electron chi connectivity index (χ2n) is 5.02. The molecule has 2 heterocycles. The third-order valence-corrected chi connectivity index (χ3v) is 5.82. The van der Waals surface area contributed by atoms with Crippen LogP contribution in [0.2, 0.25) is 0 Å². The maximum Gasteiger partial charge on any atom is 0.243 e. The number of benzene rings is 1. The second-order valence-corrected chi connectivity index (χ2v) is 7.87. The molecule has 1 aliphatic heterocycles. The van der Waals surface area contributed by atoms with E-state index in [-0.39, 0.29) is 6.10 Å². The van der Waals surface area contributed by atoms with Crippen LogP contribution in [0.1, 0.15) is 6.42 Å². The largest absolute Gasteiger partial charge is 0.473 e. The van der Waals surface area contributed by atoms with E-state index < -0.39 is 10.0 Å². The van der Waals surface area contributed by atoms with Crippen molar-refractivity contribution in [2.75, 3.05) is 13.1 Å². The summed E-state index contributed by atoms with van der Waals surface area (Å²) in [6.45, 7) is 0.799. The minimum absolute atomic E-state index is 0.174. The van der Waals surface area contributed by atoms with Gasteiger partial charge in [0.15, 0.2) is 0 Å². The molecule has 2 aromatic rings. The van der Waals surface area contributed by atoms with Crippen LogP contribution in [-0.4, -0.2) is 36.9 Å². The fourth-order valence-corrected chi connectivity index (χ4v) is 4.10. The van der Waals surface area contributed by atoms with Crippen molar-refractivity contribution in [2.24, 2.45) is 0 Å². The minimum atomic E-state index is -3.45. The smallest absolute Gasteiger partial charge is 0.243 e. The van der Waals surface area contributed by atoms with Crippen LogP contribution in [0.5, 0.6) is 5.88 Å². The Morgan fingerprint density at radius 3 is 2.64 bits per heavy atom. The topological polar surface area (TPSA) is 59.5 Å². The van der Waals surface area contributed by atoms with Gasteiger partial charge in [-0.05, 0) is 40.5 Å². The van der Waals surface area contributed by atoms with Crippen molar-refractivity contribution in [3.8, 4) is 5.88 Å². The molecule has 1 aliphatic rings. The maximum absolute atomic E-state index is 12.5. The van der Waals surface area contributed by atoms with Crippen molar-refractivity contribution in [3.63, 3.8) is 0 Å². The zero-order chi connectivity index (χ0) is 15.6. The quantitative estimate of drug-likeness (QED) is 0.815. The third-order valence-electron chi connectivity index (χ3n) is 3.48. The van der Waals surface area contributed by atoms with Crippen LogP contribution in [0, 0.1) is 0 Å². The lowest BCUT2D eigenvalue weighted by molar-refractivity contribution is 0.207. The highest BCUT2D eigenvalue weighted by Crippen LogP contribution is 2.23. The molecule has 5 nitrogen and oxygen atoms in total. The summed E-state index contributed by atoms with van der Waals surface area (Å²) >= 11 is 3.31. The predicted molar refractivity (Wildman–Crippen MR) is 86.2 cm³/mol. The van der Waals surface area contributed by atoms with Crippen LogP contribution < -0.4 is 4.74 Å². The first-order valence-electron chi connectivity index (χ1n) is 6.89. The zero-order valence-electron chi connectivity index (χ0n) is 11.7. The van der Waals surface area contributed by atoms with Gasteiger partial charge in [-0.25, -0.2) is 13.4 Å². The SMILES string of the molecule is O=S(=O)(c1ccccc1)N1CC[C@@H](Oc2ccc(Br)cn2)C1. The average Bonchev–Trinajstić information content (AvgIpc) is 3.00. The summed E-state index contributed by atoms with van der Waals surface area (Å²) < 4.78 is 33.1. The van der Waals surface area contributed by atoms with Gasteiger partial charge in [0.1, 0.15) is 6.10 Å². The molecule has 0 unspecified atom stereocenters. The highest BCUT2D eigenvalue weighted by Gasteiger charge is 2.33. The van der Waals surface area contributed by atoms with Gasteiger partial charge in [-0.2, -0.15) is 4.31 Å². The number of sulfonamides is 1. The van der Waals surface area contributed by atoms with Crippen molar-refractivity contribution >= 4 is 26.0 Å². The number of aromatic nitrogens is 1. The standard InChI is InChI=1S/C15H15BrN2O3S/c16-12-6-7-15(17-10-12)21-13-8-9-18(11-13)22(19,20)14-4-2-1-3-5-14/h1-7,10,13H,8-9,11H2/t13-/m1/s1. The summed E-state index contributed by atoms with van der Waals surface area (Å²) in [6, 6.07) is 12.1. The van der Waals surface area contributed by atoms with E-state index in [1.165, 1.54) is 4.31 Å². The average molecular weight is 383 g/mol. The van der Waals surface area contributed by atoms with Gasteiger partial charge in [0.25, 0.3) is 0 Å². The molecule has 0 spiro atoms. The minimum Gasteiger partial charge on any atom is -0.473 e. The Morgan fingerprint density at radius 1 is 1.18 bits per heavy atom. The summed E-state index contributed by atoms with van der Waals surface area (Å²) in [5, 5.41) is 0. The fourth-order valence-electron chi connectivity index (χ4n) is 2.36. The van der Waals surface area contributed by atoms with E-state index in [1.54, 1.807) is 42.6 Å². The number of rotatable bonds is 4. The summed E-state index contributed by atoms with van der Waals surface area (Å²) in [7, 11) is -3.45. The molecule has 0 bridgehead atoms. The molecule has 1 aromatic carbocycles. The molecule has 116 valence electrons. The van der Waals surface area contributed by atoms with Crippen molar-refractivity contribution in [3.05, 3.63) is 53.1 Å². The summed E-state index contributed by atoms with van der Waals surface area (Å²) in [4.78, 5) is 4.47. The lowest BCUT2D eigenvalue weighted by atomic mass is 10.3. The number of halogens is 1. The predicted octanol–water partition coefficient (Wildman–Crippen LogP) is 2.69. The van der Waals surface area contributed by atoms with Crippen LogP contribution in [0.3, 0.4) is 0 Å². The molecule has 1 atom stereocenters. The van der Waals surface area contributed by atoms with E-state index in [0.29, 0.717) is 30.3 Å². The van der Waals surface area contributed by atoms with Crippen LogP contribution in [0.4, 0.5) is 0 Å². The van der Waals surface area contributed by atoms with Gasteiger partial charge in [-0.3, -0.25) is 0 Å². The molecule has 0 amide bonds. The second kappa shape index (κ2) is 6.36. The highest BCUT2D eigenvalue weighted by molar-refractivity contribution is 9.10. The van der Waals surface area contributed by atoms with Gasteiger partial charge in [0, 0.05) is 23.3 Å². The van der Waals surface area contributed by atoms with Gasteiger partial charge in [0.2, 0.25) is 15.9 Å². The highest BCUT2D eigenvalue weighted by atomic mass is 79.9. The number of nitrogens with zero attached hydrogens (tertiary/aromatic N) is 2. The van der Waals surface area contributed by atoms with Gasteiger partial charge >= 0.3 is 0 Å². The molecule has 3 rings (SSSR count). The van der Waals surface area contributed by atoms with Crippen molar-refractivity contribution < 1.29 is 13.2 Å². The van der Waals surface area contributed by atoms with Crippen molar-refractivity contribution in [1.82, 2.24) is 9.29 Å². The van der Waals surface area contributed by atoms with Gasteiger partial charge in [-0.15, -0.1) is 0 Å². The van der Waals surface area contributed by atoms with Gasteiger partial charge in [-0.1, -0.05) is 18.2 Å². The van der Waals surface area contributed by atoms with E-state index in [2.05, 4.69) is 20.9 Å². The Kier molecular flexibility index (Phi) is 4.46. The Balaban J connectivity index is 1.68. The first-order chi connectivity index (χ1) is 10.6. The molecule has 0 saturated carbocycles. The molecular weight excluding hydrogens is 368 g/mol. The van der Waals surface area contributed by atoms with Crippen LogP contribution in [-0.2, 0) is 10.0 Å². The van der Waals surface area contributed by atoms with Crippen LogP contribution in [0.15, 0.2) is 58.0 Å².